The van der Waals surface area contributed by atoms with Crippen LogP contribution >= 0.6 is 0 Å². The summed E-state index contributed by atoms with van der Waals surface area (Å²) in [5.74, 6) is -1.83. The number of hydrogen-bond donors (Lipinski definition) is 0. The minimum absolute atomic E-state index is 0.0131. The van der Waals surface area contributed by atoms with E-state index >= 15 is 0 Å². The van der Waals surface area contributed by atoms with Crippen LogP contribution in [0.2, 0.25) is 0 Å². The van der Waals surface area contributed by atoms with Crippen LogP contribution in [0.25, 0.3) is 0 Å². The Hall–Kier alpha value is -2.71. The van der Waals surface area contributed by atoms with E-state index in [9.17, 15) is 19.5 Å². The topological polar surface area (TPSA) is 102 Å². The average molecular weight is 802 g/mol. The summed E-state index contributed by atoms with van der Waals surface area (Å²) < 4.78 is 17.1. The van der Waals surface area contributed by atoms with Crippen molar-refractivity contribution < 1.29 is 38.2 Å². The molecule has 0 amide bonds. The van der Waals surface area contributed by atoms with Gasteiger partial charge in [0.25, 0.3) is 0 Å². The van der Waals surface area contributed by atoms with E-state index in [2.05, 4.69) is 50.3 Å². The van der Waals surface area contributed by atoms with Crippen LogP contribution in [0.1, 0.15) is 194 Å². The number of carbonyl (C=O) groups is 3. The Morgan fingerprint density at radius 2 is 0.982 bits per heavy atom. The van der Waals surface area contributed by atoms with Gasteiger partial charge in [0.05, 0.1) is 40.3 Å². The number of hydrogen-bond acceptors (Lipinski definition) is 7. The molecular formula is C49H87NO7. The Balaban J connectivity index is 4.30. The largest absolute Gasteiger partial charge is 0.544 e. The Bertz CT molecular complexity index is 1070. The standard InChI is InChI=1S/C49H87NO7/c1-6-8-10-12-14-16-18-20-21-22-23-24-25-26-28-29-31-33-35-37-39-47(51)56-44-45(43-55-42-41-46(49(53)54)50(3,4)5)57-48(52)40-38-36-34-32-30-27-19-17-15-13-11-9-7-2/h9,11,15,17,27,30,34,36,45-46H,6-8,10,12-14,16,18-26,28-29,31-33,35,37-44H2,1-5H3/b11-9-,17-15-,30-27-,36-34-. The zero-order valence-corrected chi connectivity index (χ0v) is 37.5. The summed E-state index contributed by atoms with van der Waals surface area (Å²) in [4.78, 5) is 36.8. The number of allylic oxidation sites excluding steroid dienone is 8. The molecule has 2 unspecified atom stereocenters. The van der Waals surface area contributed by atoms with Gasteiger partial charge in [0.15, 0.2) is 6.10 Å². The van der Waals surface area contributed by atoms with E-state index in [1.54, 1.807) is 21.1 Å². The lowest BCUT2D eigenvalue weighted by Gasteiger charge is -2.34. The van der Waals surface area contributed by atoms with Gasteiger partial charge < -0.3 is 28.6 Å². The molecule has 0 aromatic carbocycles. The molecule has 0 aliphatic heterocycles. The van der Waals surface area contributed by atoms with E-state index < -0.39 is 24.1 Å². The van der Waals surface area contributed by atoms with Gasteiger partial charge in [0.1, 0.15) is 12.6 Å². The molecule has 0 fully saturated rings. The molecule has 57 heavy (non-hydrogen) atoms. The van der Waals surface area contributed by atoms with Gasteiger partial charge in [-0.3, -0.25) is 9.59 Å². The summed E-state index contributed by atoms with van der Waals surface area (Å²) >= 11 is 0. The maximum Gasteiger partial charge on any atom is 0.306 e. The number of carboxylic acids is 1. The van der Waals surface area contributed by atoms with Crippen molar-refractivity contribution in [2.45, 2.75) is 206 Å². The van der Waals surface area contributed by atoms with Crippen molar-refractivity contribution in [2.24, 2.45) is 0 Å². The Labute approximate surface area is 350 Å². The van der Waals surface area contributed by atoms with Crippen molar-refractivity contribution in [1.29, 1.82) is 0 Å². The number of ether oxygens (including phenoxy) is 3. The smallest absolute Gasteiger partial charge is 0.306 e. The van der Waals surface area contributed by atoms with E-state index in [1.165, 1.54) is 109 Å². The number of aliphatic carboxylic acids is 1. The first-order chi connectivity index (χ1) is 27.6. The minimum atomic E-state index is -1.14. The molecule has 8 nitrogen and oxygen atoms in total. The molecule has 0 N–H and O–H groups in total. The number of unbranched alkanes of at least 4 members (excludes halogenated alkanes) is 19. The van der Waals surface area contributed by atoms with Crippen LogP contribution < -0.4 is 5.11 Å². The van der Waals surface area contributed by atoms with Gasteiger partial charge in [-0.1, -0.05) is 184 Å². The second-order valence-corrected chi connectivity index (χ2v) is 16.6. The molecule has 0 saturated carbocycles. The number of quaternary nitrogens is 1. The highest BCUT2D eigenvalue weighted by Gasteiger charge is 2.25. The number of likely N-dealkylation sites (N-methyl/N-ethyl adjacent to an activating group) is 1. The van der Waals surface area contributed by atoms with Gasteiger partial charge in [-0.2, -0.15) is 0 Å². The molecule has 0 aromatic heterocycles. The maximum absolute atomic E-state index is 12.7. The molecule has 0 saturated heterocycles. The third-order valence-electron chi connectivity index (χ3n) is 10.2. The first-order valence-corrected chi connectivity index (χ1v) is 23.2. The van der Waals surface area contributed by atoms with Crippen LogP contribution in [0.15, 0.2) is 48.6 Å². The van der Waals surface area contributed by atoms with Gasteiger partial charge in [-0.05, 0) is 38.5 Å². The molecule has 0 radical (unpaired) electrons. The van der Waals surface area contributed by atoms with Crippen molar-refractivity contribution in [3.63, 3.8) is 0 Å². The van der Waals surface area contributed by atoms with Crippen molar-refractivity contribution in [3.05, 3.63) is 48.6 Å². The molecular weight excluding hydrogens is 715 g/mol. The molecule has 0 spiro atoms. The van der Waals surface area contributed by atoms with Crippen LogP contribution in [0.3, 0.4) is 0 Å². The summed E-state index contributed by atoms with van der Waals surface area (Å²) in [5, 5.41) is 11.6. The van der Waals surface area contributed by atoms with E-state index in [0.29, 0.717) is 12.8 Å². The van der Waals surface area contributed by atoms with Crippen molar-refractivity contribution in [2.75, 3.05) is 41.0 Å². The summed E-state index contributed by atoms with van der Waals surface area (Å²) in [6.07, 6.45) is 47.3. The SMILES string of the molecule is CC/C=C\C/C=C\C/C=C\C/C=C\CCC(=O)OC(COCCC(C(=O)[O-])[N+](C)(C)C)COC(=O)CCCCCCCCCCCCCCCCCCCCCC. The summed E-state index contributed by atoms with van der Waals surface area (Å²) in [5.41, 5.74) is 0. The second kappa shape index (κ2) is 40.1. The van der Waals surface area contributed by atoms with E-state index in [4.69, 9.17) is 14.2 Å². The zero-order valence-electron chi connectivity index (χ0n) is 37.5. The van der Waals surface area contributed by atoms with Crippen molar-refractivity contribution >= 4 is 17.9 Å². The Kier molecular flexibility index (Phi) is 38.2. The minimum Gasteiger partial charge on any atom is -0.544 e. The van der Waals surface area contributed by atoms with Gasteiger partial charge in [-0.25, -0.2) is 0 Å². The molecule has 0 rings (SSSR count). The summed E-state index contributed by atoms with van der Waals surface area (Å²) in [6, 6.07) is -0.737. The average Bonchev–Trinajstić information content (AvgIpc) is 3.17. The first-order valence-electron chi connectivity index (χ1n) is 23.2. The van der Waals surface area contributed by atoms with E-state index in [-0.39, 0.29) is 43.1 Å². The fourth-order valence-electron chi connectivity index (χ4n) is 6.67. The zero-order chi connectivity index (χ0) is 42.1. The highest BCUT2D eigenvalue weighted by Crippen LogP contribution is 2.16. The van der Waals surface area contributed by atoms with Crippen LogP contribution in [0.4, 0.5) is 0 Å². The molecule has 8 heteroatoms. The fraction of sp³-hybridized carbons (Fsp3) is 0.776. The number of carbonyl (C=O) groups excluding carboxylic acids is 3. The number of esters is 2. The molecule has 0 aromatic rings. The van der Waals surface area contributed by atoms with Gasteiger partial charge >= 0.3 is 11.9 Å². The first kappa shape index (κ1) is 54.3. The maximum atomic E-state index is 12.7. The van der Waals surface area contributed by atoms with Crippen molar-refractivity contribution in [1.82, 2.24) is 0 Å². The van der Waals surface area contributed by atoms with Crippen LogP contribution in [-0.4, -0.2) is 75.5 Å². The molecule has 0 aliphatic rings. The van der Waals surface area contributed by atoms with Crippen LogP contribution in [-0.2, 0) is 28.6 Å². The lowest BCUT2D eigenvalue weighted by Crippen LogP contribution is -2.55. The van der Waals surface area contributed by atoms with Crippen LogP contribution in [0, 0.1) is 0 Å². The van der Waals surface area contributed by atoms with Crippen molar-refractivity contribution in [3.8, 4) is 0 Å². The highest BCUT2D eigenvalue weighted by molar-refractivity contribution is 5.70. The highest BCUT2D eigenvalue weighted by atomic mass is 16.6. The second-order valence-electron chi connectivity index (χ2n) is 16.6. The normalized spacial score (nSPS) is 13.4. The molecule has 2 atom stereocenters. The summed E-state index contributed by atoms with van der Waals surface area (Å²) in [7, 11) is 5.38. The monoisotopic (exact) mass is 802 g/mol. The van der Waals surface area contributed by atoms with Crippen LogP contribution in [0.5, 0.6) is 0 Å². The Morgan fingerprint density at radius 3 is 1.42 bits per heavy atom. The van der Waals surface area contributed by atoms with Gasteiger partial charge in [-0.15, -0.1) is 0 Å². The fourth-order valence-corrected chi connectivity index (χ4v) is 6.67. The van der Waals surface area contributed by atoms with E-state index in [0.717, 1.165) is 44.9 Å². The number of rotatable bonds is 41. The number of nitrogens with zero attached hydrogens (tertiary/aromatic N) is 1. The predicted molar refractivity (Wildman–Crippen MR) is 236 cm³/mol. The lowest BCUT2D eigenvalue weighted by molar-refractivity contribution is -0.889. The molecule has 0 aliphatic carbocycles. The van der Waals surface area contributed by atoms with Gasteiger partial charge in [0, 0.05) is 19.3 Å². The Morgan fingerprint density at radius 1 is 0.544 bits per heavy atom. The molecule has 0 heterocycles. The van der Waals surface area contributed by atoms with E-state index in [1.807, 2.05) is 12.2 Å². The number of carboxylic acid groups (broad SMARTS) is 1. The lowest BCUT2D eigenvalue weighted by atomic mass is 10.0. The quantitative estimate of drug-likeness (QED) is 0.0262. The molecule has 0 bridgehead atoms. The molecule has 330 valence electrons. The third kappa shape index (κ3) is 38.6. The third-order valence-corrected chi connectivity index (χ3v) is 10.2. The summed E-state index contributed by atoms with van der Waals surface area (Å²) in [6.45, 7) is 4.48. The predicted octanol–water partition coefficient (Wildman–Crippen LogP) is 11.5. The van der Waals surface area contributed by atoms with Gasteiger partial charge in [0.2, 0.25) is 0 Å².